The molecule has 0 saturated heterocycles. The number of allylic oxidation sites excluding steroid dienone is 4. The molecule has 380 valence electrons. The molecule has 0 aromatic heterocycles. The largest absolute Gasteiger partial charge is 3.00 e. The molecule has 0 unspecified atom stereocenters. The number of carbonyl (C=O) groups is 2. The zero-order valence-electron chi connectivity index (χ0n) is 41.0. The maximum Gasteiger partial charge on any atom is 3.00 e. The standard InChI is InChI=1S/C19H35O5.C13H23O2.2C7H13O.2C3H7.2Ni/c1-2-3-4-5-6-7-8-9-10-11-12-19(21)24-18-17-23-16-15-22-14-13-20;1-2-3-4-5-6-7-8-9-10-11-12-13(14)15;2*1-2-3-4-5-6-7-8;2*1-3-2;;/h5-6,20H,1-4,7-18H2;5-6H,1-4,7-12H2,(H,14,15);2*2-6H2,1H3;2*1,3H2,2H3;;/q6*-1;2*+3/b2*6-5-;;;;;;. The molecule has 0 aromatic rings. The van der Waals surface area contributed by atoms with Crippen LogP contribution in [0.15, 0.2) is 24.3 Å². The van der Waals surface area contributed by atoms with Crippen LogP contribution < -0.4 is 0 Å². The monoisotopic (exact) mass is 983 g/mol. The molecular formula is C52H98Ni2O9. The first-order valence-corrected chi connectivity index (χ1v) is 24.0. The van der Waals surface area contributed by atoms with Crippen LogP contribution in [-0.4, -0.2) is 74.4 Å². The summed E-state index contributed by atoms with van der Waals surface area (Å²) in [4.78, 5) is 41.0. The van der Waals surface area contributed by atoms with Crippen molar-refractivity contribution in [2.75, 3.05) is 39.6 Å². The SMILES string of the molecule is CCCCCC[C-]=O.CCCCCC[C-]=O.[CH2-]CC.[CH2-]CC.[CH2-]CCC/C=C\CCCCCCC(=O)O.[CH2-]CCC/C=C\CCCCCCC(=O)OCCOCCOCCO.[Ni+3].[Ni+3]. The van der Waals surface area contributed by atoms with Gasteiger partial charge in [-0.25, -0.2) is 0 Å². The fraction of sp³-hybridized carbons (Fsp3) is 0.769. The summed E-state index contributed by atoms with van der Waals surface area (Å²) in [6, 6.07) is 0. The van der Waals surface area contributed by atoms with E-state index in [1.54, 1.807) is 0 Å². The predicted octanol–water partition coefficient (Wildman–Crippen LogP) is 14.0. The van der Waals surface area contributed by atoms with E-state index in [-0.39, 0.29) is 52.2 Å². The number of esters is 1. The number of carbonyl (C=O) groups excluding carboxylic acids is 3. The Labute approximate surface area is 411 Å². The summed E-state index contributed by atoms with van der Waals surface area (Å²) in [6.45, 7) is 24.8. The molecule has 0 aliphatic heterocycles. The first kappa shape index (κ1) is 78.8. The van der Waals surface area contributed by atoms with Crippen molar-refractivity contribution < 1.29 is 76.6 Å². The van der Waals surface area contributed by atoms with E-state index in [0.717, 1.165) is 103 Å². The van der Waals surface area contributed by atoms with Gasteiger partial charge in [-0.05, 0) is 51.4 Å². The van der Waals surface area contributed by atoms with E-state index < -0.39 is 5.97 Å². The number of aliphatic carboxylic acids is 1. The van der Waals surface area contributed by atoms with Gasteiger partial charge >= 0.3 is 44.9 Å². The molecule has 0 saturated carbocycles. The average Bonchev–Trinajstić information content (AvgIpc) is 3.25. The van der Waals surface area contributed by atoms with Gasteiger partial charge in [-0.2, -0.15) is 38.5 Å². The summed E-state index contributed by atoms with van der Waals surface area (Å²) < 4.78 is 15.4. The van der Waals surface area contributed by atoms with Gasteiger partial charge in [0, 0.05) is 12.8 Å². The summed E-state index contributed by atoms with van der Waals surface area (Å²) in [7, 11) is 0. The van der Waals surface area contributed by atoms with Crippen LogP contribution >= 0.6 is 0 Å². The van der Waals surface area contributed by atoms with Crippen molar-refractivity contribution in [3.8, 4) is 0 Å². The Hall–Kier alpha value is -1.37. The van der Waals surface area contributed by atoms with E-state index in [9.17, 15) is 19.2 Å². The Morgan fingerprint density at radius 2 is 0.841 bits per heavy atom. The van der Waals surface area contributed by atoms with Crippen LogP contribution in [0.2, 0.25) is 0 Å². The Kier molecular flexibility index (Phi) is 109. The maximum absolute atomic E-state index is 11.5. The number of aliphatic hydroxyl groups excluding tert-OH is 1. The number of aliphatic hydroxyl groups is 1. The number of unbranched alkanes of at least 4 members (excludes halogenated alkanes) is 20. The van der Waals surface area contributed by atoms with Gasteiger partial charge in [0.1, 0.15) is 6.61 Å². The van der Waals surface area contributed by atoms with Gasteiger partial charge < -0.3 is 61.7 Å². The summed E-state index contributed by atoms with van der Waals surface area (Å²) in [5, 5.41) is 16.9. The van der Waals surface area contributed by atoms with E-state index in [1.807, 2.05) is 26.4 Å². The molecule has 0 amide bonds. The first-order valence-electron chi connectivity index (χ1n) is 24.0. The third kappa shape index (κ3) is 115. The number of hydrogen-bond acceptors (Lipinski definition) is 8. The van der Waals surface area contributed by atoms with Gasteiger partial charge in [-0.15, -0.1) is 0 Å². The number of carboxylic acid groups (broad SMARTS) is 1. The zero-order chi connectivity index (χ0) is 47.0. The minimum Gasteiger partial charge on any atom is -0.542 e. The number of rotatable bonds is 38. The zero-order valence-corrected chi connectivity index (χ0v) is 43.0. The molecule has 63 heavy (non-hydrogen) atoms. The first-order chi connectivity index (χ1) is 29.7. The van der Waals surface area contributed by atoms with E-state index >= 15 is 0 Å². The molecule has 0 fully saturated rings. The Balaban J connectivity index is -0.000000110. The number of ether oxygens (including phenoxy) is 3. The normalized spacial score (nSPS) is 9.79. The second kappa shape index (κ2) is 87.5. The summed E-state index contributed by atoms with van der Waals surface area (Å²) >= 11 is 0. The quantitative estimate of drug-likeness (QED) is 0.0204. The average molecular weight is 985 g/mol. The fourth-order valence-electron chi connectivity index (χ4n) is 4.69. The molecule has 2 radical (unpaired) electrons. The van der Waals surface area contributed by atoms with Gasteiger partial charge in [0.15, 0.2) is 0 Å². The molecular weight excluding hydrogens is 886 g/mol. The summed E-state index contributed by atoms with van der Waals surface area (Å²) in [5.41, 5.74) is 0. The van der Waals surface area contributed by atoms with Crippen molar-refractivity contribution in [1.29, 1.82) is 0 Å². The van der Waals surface area contributed by atoms with Crippen LogP contribution in [0.5, 0.6) is 0 Å². The molecule has 0 aromatic carbocycles. The van der Waals surface area contributed by atoms with E-state index in [0.29, 0.717) is 52.1 Å². The fourth-order valence-corrected chi connectivity index (χ4v) is 4.69. The minimum atomic E-state index is -0.678. The van der Waals surface area contributed by atoms with Crippen molar-refractivity contribution >= 4 is 24.5 Å². The van der Waals surface area contributed by atoms with Gasteiger partial charge in [-0.3, -0.25) is 22.2 Å². The molecule has 0 rings (SSSR count). The molecule has 0 aliphatic rings. The number of carboxylic acids is 1. The van der Waals surface area contributed by atoms with Crippen LogP contribution in [0.25, 0.3) is 0 Å². The van der Waals surface area contributed by atoms with Crippen molar-refractivity contribution in [2.24, 2.45) is 0 Å². The molecule has 0 bridgehead atoms. The molecule has 0 heterocycles. The van der Waals surface area contributed by atoms with E-state index in [1.165, 1.54) is 64.2 Å². The summed E-state index contributed by atoms with van der Waals surface area (Å²) in [6.07, 6.45) is 43.5. The van der Waals surface area contributed by atoms with Gasteiger partial charge in [0.2, 0.25) is 0 Å². The van der Waals surface area contributed by atoms with Gasteiger partial charge in [0.25, 0.3) is 0 Å². The maximum atomic E-state index is 11.5. The Morgan fingerprint density at radius 3 is 1.21 bits per heavy atom. The van der Waals surface area contributed by atoms with Crippen molar-refractivity contribution in [1.82, 2.24) is 0 Å². The van der Waals surface area contributed by atoms with Crippen LogP contribution in [0.3, 0.4) is 0 Å². The molecule has 11 heteroatoms. The summed E-state index contributed by atoms with van der Waals surface area (Å²) in [5.74, 6) is -0.828. The Bertz CT molecular complexity index is 824. The third-order valence-corrected chi connectivity index (χ3v) is 7.95. The third-order valence-electron chi connectivity index (χ3n) is 7.95. The molecule has 2 N–H and O–H groups in total. The van der Waals surface area contributed by atoms with Gasteiger partial charge in [-0.1, -0.05) is 142 Å². The van der Waals surface area contributed by atoms with Crippen LogP contribution in [0, 0.1) is 27.7 Å². The van der Waals surface area contributed by atoms with Crippen molar-refractivity contribution in [3.05, 3.63) is 52.0 Å². The molecule has 0 spiro atoms. The molecule has 9 nitrogen and oxygen atoms in total. The smallest absolute Gasteiger partial charge is 0.542 e. The second-order valence-electron chi connectivity index (χ2n) is 14.3. The van der Waals surface area contributed by atoms with E-state index in [2.05, 4.69) is 65.8 Å². The van der Waals surface area contributed by atoms with Crippen molar-refractivity contribution in [2.45, 2.75) is 220 Å². The predicted molar refractivity (Wildman–Crippen MR) is 260 cm³/mol. The van der Waals surface area contributed by atoms with Crippen LogP contribution in [-0.2, 0) is 66.4 Å². The van der Waals surface area contributed by atoms with E-state index in [4.69, 9.17) is 24.4 Å². The Morgan fingerprint density at radius 1 is 0.492 bits per heavy atom. The van der Waals surface area contributed by atoms with Crippen LogP contribution in [0.1, 0.15) is 220 Å². The van der Waals surface area contributed by atoms with Crippen molar-refractivity contribution in [3.63, 3.8) is 0 Å². The van der Waals surface area contributed by atoms with Crippen LogP contribution in [0.4, 0.5) is 0 Å². The minimum absolute atomic E-state index is 0. The van der Waals surface area contributed by atoms with Gasteiger partial charge in [0.05, 0.1) is 33.0 Å². The second-order valence-corrected chi connectivity index (χ2v) is 14.3. The molecule has 0 atom stereocenters. The topological polar surface area (TPSA) is 136 Å². The number of hydrogen-bond donors (Lipinski definition) is 2. The molecule has 0 aliphatic carbocycles.